The molecule has 2 N–H and O–H groups in total. The van der Waals surface area contributed by atoms with Crippen molar-refractivity contribution >= 4 is 23.0 Å². The Morgan fingerprint density at radius 3 is 2.96 bits per heavy atom. The van der Waals surface area contributed by atoms with Crippen LogP contribution in [0.2, 0.25) is 0 Å². The first-order valence-electron chi connectivity index (χ1n) is 9.33. The number of rotatable bonds is 3. The van der Waals surface area contributed by atoms with E-state index in [0.717, 1.165) is 29.2 Å². The average Bonchev–Trinajstić information content (AvgIpc) is 3.12. The van der Waals surface area contributed by atoms with Gasteiger partial charge in [0.05, 0.1) is 13.2 Å². The van der Waals surface area contributed by atoms with Gasteiger partial charge in [0.1, 0.15) is 11.9 Å². The lowest BCUT2D eigenvalue weighted by atomic mass is 10.1. The SMILES string of the molecule is Cc1ccc(F)c2c1NC(C(=O)Nc1cccc(N3CCOCC3C)c1)C2. The Balaban J connectivity index is 1.47. The third-order valence-electron chi connectivity index (χ3n) is 5.32. The Morgan fingerprint density at radius 1 is 1.33 bits per heavy atom. The van der Waals surface area contributed by atoms with Crippen molar-refractivity contribution < 1.29 is 13.9 Å². The normalized spacial score (nSPS) is 21.5. The van der Waals surface area contributed by atoms with Crippen LogP contribution in [-0.4, -0.2) is 37.7 Å². The van der Waals surface area contributed by atoms with E-state index in [1.165, 1.54) is 6.07 Å². The van der Waals surface area contributed by atoms with Crippen LogP contribution in [0.5, 0.6) is 0 Å². The van der Waals surface area contributed by atoms with E-state index in [2.05, 4.69) is 22.5 Å². The summed E-state index contributed by atoms with van der Waals surface area (Å²) in [4.78, 5) is 15.0. The van der Waals surface area contributed by atoms with Crippen LogP contribution in [-0.2, 0) is 16.0 Å². The van der Waals surface area contributed by atoms with E-state index in [1.54, 1.807) is 6.07 Å². The molecular weight excluding hydrogens is 345 g/mol. The molecule has 4 rings (SSSR count). The first-order valence-corrected chi connectivity index (χ1v) is 9.33. The predicted octanol–water partition coefficient (Wildman–Crippen LogP) is 3.33. The quantitative estimate of drug-likeness (QED) is 0.871. The zero-order valence-electron chi connectivity index (χ0n) is 15.6. The van der Waals surface area contributed by atoms with Crippen LogP contribution in [0.3, 0.4) is 0 Å². The highest BCUT2D eigenvalue weighted by atomic mass is 19.1. The second kappa shape index (κ2) is 7.19. The number of carbonyl (C=O) groups excluding carboxylic acids is 1. The fourth-order valence-corrected chi connectivity index (χ4v) is 3.83. The van der Waals surface area contributed by atoms with Gasteiger partial charge in [0.2, 0.25) is 5.91 Å². The van der Waals surface area contributed by atoms with Gasteiger partial charge in [-0.2, -0.15) is 0 Å². The number of ether oxygens (including phenoxy) is 1. The van der Waals surface area contributed by atoms with Crippen LogP contribution in [0.15, 0.2) is 36.4 Å². The molecule has 0 bridgehead atoms. The topological polar surface area (TPSA) is 53.6 Å². The standard InChI is InChI=1S/C21H24FN3O2/c1-13-6-7-18(22)17-11-19(24-20(13)17)21(26)23-15-4-3-5-16(10-15)25-8-9-27-12-14(25)2/h3-7,10,14,19,24H,8-9,11-12H2,1-2H3,(H,23,26). The molecule has 2 heterocycles. The molecule has 1 amide bonds. The molecule has 142 valence electrons. The summed E-state index contributed by atoms with van der Waals surface area (Å²) < 4.78 is 19.5. The maximum absolute atomic E-state index is 14.0. The second-order valence-corrected chi connectivity index (χ2v) is 7.28. The molecule has 2 atom stereocenters. The fourth-order valence-electron chi connectivity index (χ4n) is 3.83. The summed E-state index contributed by atoms with van der Waals surface area (Å²) in [5.74, 6) is -0.418. The number of hydrogen-bond acceptors (Lipinski definition) is 4. The van der Waals surface area contributed by atoms with E-state index in [4.69, 9.17) is 4.74 Å². The lowest BCUT2D eigenvalue weighted by Gasteiger charge is -2.35. The number of halogens is 1. The van der Waals surface area contributed by atoms with Crippen molar-refractivity contribution in [1.29, 1.82) is 0 Å². The Morgan fingerprint density at radius 2 is 2.19 bits per heavy atom. The zero-order chi connectivity index (χ0) is 19.0. The van der Waals surface area contributed by atoms with Gasteiger partial charge in [-0.15, -0.1) is 0 Å². The molecule has 0 saturated carbocycles. The van der Waals surface area contributed by atoms with Crippen LogP contribution in [0.4, 0.5) is 21.5 Å². The highest BCUT2D eigenvalue weighted by molar-refractivity contribution is 5.98. The van der Waals surface area contributed by atoms with Gasteiger partial charge >= 0.3 is 0 Å². The van der Waals surface area contributed by atoms with Gasteiger partial charge in [-0.1, -0.05) is 12.1 Å². The molecule has 1 fully saturated rings. The minimum absolute atomic E-state index is 0.155. The largest absolute Gasteiger partial charge is 0.377 e. The Bertz CT molecular complexity index is 840. The molecular formula is C21H24FN3O2. The van der Waals surface area contributed by atoms with Crippen LogP contribution >= 0.6 is 0 Å². The van der Waals surface area contributed by atoms with Crippen LogP contribution in [0.1, 0.15) is 18.1 Å². The molecule has 0 spiro atoms. The number of nitrogens with one attached hydrogen (secondary N) is 2. The molecule has 0 radical (unpaired) electrons. The van der Waals surface area contributed by atoms with E-state index in [1.807, 2.05) is 31.2 Å². The highest BCUT2D eigenvalue weighted by Crippen LogP contribution is 2.32. The number of fused-ring (bicyclic) bond motifs is 1. The highest BCUT2D eigenvalue weighted by Gasteiger charge is 2.30. The van der Waals surface area contributed by atoms with Crippen molar-refractivity contribution in [1.82, 2.24) is 0 Å². The molecule has 5 nitrogen and oxygen atoms in total. The maximum atomic E-state index is 14.0. The van der Waals surface area contributed by atoms with Crippen LogP contribution in [0, 0.1) is 12.7 Å². The van der Waals surface area contributed by atoms with Gasteiger partial charge in [0, 0.05) is 41.6 Å². The number of benzene rings is 2. The Kier molecular flexibility index (Phi) is 4.74. The van der Waals surface area contributed by atoms with E-state index in [-0.39, 0.29) is 11.7 Å². The summed E-state index contributed by atoms with van der Waals surface area (Å²) in [5, 5.41) is 6.14. The number of morpholine rings is 1. The number of anilines is 3. The molecule has 2 aromatic rings. The summed E-state index contributed by atoms with van der Waals surface area (Å²) in [6.45, 7) is 6.28. The minimum atomic E-state index is -0.471. The second-order valence-electron chi connectivity index (χ2n) is 7.28. The van der Waals surface area contributed by atoms with Crippen molar-refractivity contribution in [2.24, 2.45) is 0 Å². The molecule has 0 aliphatic carbocycles. The molecule has 2 aliphatic rings. The smallest absolute Gasteiger partial charge is 0.247 e. The predicted molar refractivity (Wildman–Crippen MR) is 105 cm³/mol. The minimum Gasteiger partial charge on any atom is -0.377 e. The van der Waals surface area contributed by atoms with Crippen molar-refractivity contribution in [3.8, 4) is 0 Å². The summed E-state index contributed by atoms with van der Waals surface area (Å²) >= 11 is 0. The van der Waals surface area contributed by atoms with Gasteiger partial charge in [-0.05, 0) is 43.7 Å². The zero-order valence-corrected chi connectivity index (χ0v) is 15.6. The van der Waals surface area contributed by atoms with Crippen LogP contribution in [0.25, 0.3) is 0 Å². The van der Waals surface area contributed by atoms with Crippen molar-refractivity contribution in [2.45, 2.75) is 32.4 Å². The molecule has 2 unspecified atom stereocenters. The summed E-state index contributed by atoms with van der Waals surface area (Å²) in [6.07, 6.45) is 0.356. The van der Waals surface area contributed by atoms with E-state index >= 15 is 0 Å². The first-order chi connectivity index (χ1) is 13.0. The molecule has 2 aromatic carbocycles. The molecule has 6 heteroatoms. The number of aryl methyl sites for hydroxylation is 1. The molecule has 27 heavy (non-hydrogen) atoms. The average molecular weight is 369 g/mol. The number of nitrogens with zero attached hydrogens (tertiary/aromatic N) is 1. The molecule has 2 aliphatic heterocycles. The lowest BCUT2D eigenvalue weighted by Crippen LogP contribution is -2.43. The van der Waals surface area contributed by atoms with Crippen LogP contribution < -0.4 is 15.5 Å². The summed E-state index contributed by atoms with van der Waals surface area (Å²) in [6, 6.07) is 10.8. The number of amides is 1. The van der Waals surface area contributed by atoms with Crippen molar-refractivity contribution in [2.75, 3.05) is 35.3 Å². The molecule has 0 aromatic heterocycles. The van der Waals surface area contributed by atoms with E-state index in [0.29, 0.717) is 31.2 Å². The fraction of sp³-hybridized carbons (Fsp3) is 0.381. The number of hydrogen-bond donors (Lipinski definition) is 2. The maximum Gasteiger partial charge on any atom is 0.247 e. The lowest BCUT2D eigenvalue weighted by molar-refractivity contribution is -0.116. The third-order valence-corrected chi connectivity index (χ3v) is 5.32. The summed E-state index contributed by atoms with van der Waals surface area (Å²) in [5.41, 5.74) is 4.08. The van der Waals surface area contributed by atoms with Gasteiger partial charge in [-0.25, -0.2) is 4.39 Å². The van der Waals surface area contributed by atoms with Crippen molar-refractivity contribution in [3.05, 3.63) is 53.3 Å². The van der Waals surface area contributed by atoms with Gasteiger partial charge in [-0.3, -0.25) is 4.79 Å². The Hall–Kier alpha value is -2.60. The van der Waals surface area contributed by atoms with Gasteiger partial charge in [0.25, 0.3) is 0 Å². The van der Waals surface area contributed by atoms with Gasteiger partial charge in [0.15, 0.2) is 0 Å². The van der Waals surface area contributed by atoms with Crippen molar-refractivity contribution in [3.63, 3.8) is 0 Å². The summed E-state index contributed by atoms with van der Waals surface area (Å²) in [7, 11) is 0. The third kappa shape index (κ3) is 3.49. The first kappa shape index (κ1) is 17.8. The Labute approximate surface area is 158 Å². The number of carbonyl (C=O) groups is 1. The van der Waals surface area contributed by atoms with E-state index in [9.17, 15) is 9.18 Å². The van der Waals surface area contributed by atoms with Gasteiger partial charge < -0.3 is 20.3 Å². The molecule has 1 saturated heterocycles. The van der Waals surface area contributed by atoms with E-state index < -0.39 is 6.04 Å². The monoisotopic (exact) mass is 369 g/mol.